The van der Waals surface area contributed by atoms with Gasteiger partial charge >= 0.3 is 59.1 Å². The van der Waals surface area contributed by atoms with E-state index in [4.69, 9.17) is 4.79 Å². The molecule has 0 aromatic rings. The van der Waals surface area contributed by atoms with Crippen LogP contribution in [0, 0.1) is 0 Å². The number of rotatable bonds is 3. The van der Waals surface area contributed by atoms with Crippen molar-refractivity contribution in [3.05, 3.63) is 0 Å². The summed E-state index contributed by atoms with van der Waals surface area (Å²) in [6.45, 7) is 2.00. The third kappa shape index (κ3) is 31.1. The molecular weight excluding hydrogens is 186 g/mol. The number of carbonyl (C=O) groups is 3. The maximum Gasteiger partial charge on any atom is 1.00 e. The Morgan fingerprint density at radius 3 is 1.17 bits per heavy atom. The van der Waals surface area contributed by atoms with Crippen molar-refractivity contribution in [2.45, 2.75) is 12.8 Å². The minimum atomic E-state index is -1.37. The molecule has 0 bridgehead atoms. The van der Waals surface area contributed by atoms with Gasteiger partial charge in [0, 0.05) is 11.9 Å². The molecule has 0 saturated carbocycles. The van der Waals surface area contributed by atoms with Crippen LogP contribution in [-0.4, -0.2) is 18.7 Å². The minimum absolute atomic E-state index is 0. The first kappa shape index (κ1) is 22.9. The van der Waals surface area contributed by atoms with E-state index in [0.29, 0.717) is 0 Å². The van der Waals surface area contributed by atoms with Crippen LogP contribution in [0.3, 0.4) is 0 Å². The molecule has 0 heterocycles. The molecule has 0 saturated heterocycles. The van der Waals surface area contributed by atoms with Crippen molar-refractivity contribution in [1.29, 1.82) is 0 Å². The van der Waals surface area contributed by atoms with Crippen molar-refractivity contribution >= 4 is 18.7 Å². The van der Waals surface area contributed by atoms with Gasteiger partial charge in [0.25, 0.3) is 0 Å². The zero-order valence-electron chi connectivity index (χ0n) is 7.16. The van der Waals surface area contributed by atoms with E-state index in [9.17, 15) is 19.8 Å². The number of carboxylic acids is 2. The van der Waals surface area contributed by atoms with Gasteiger partial charge in [-0.2, -0.15) is 0 Å². The Kier molecular flexibility index (Phi) is 33.7. The Morgan fingerprint density at radius 1 is 0.917 bits per heavy atom. The molecular formula is C5H6Na2O5. The number of aliphatic carboxylic acids is 2. The largest absolute Gasteiger partial charge is 1.00 e. The molecule has 0 amide bonds. The zero-order valence-corrected chi connectivity index (χ0v) is 11.2. The van der Waals surface area contributed by atoms with Crippen LogP contribution in [-0.2, 0) is 14.4 Å². The summed E-state index contributed by atoms with van der Waals surface area (Å²) in [5.41, 5.74) is 0. The molecule has 7 heteroatoms. The predicted octanol–water partition coefficient (Wildman–Crippen LogP) is -8.91. The van der Waals surface area contributed by atoms with Gasteiger partial charge in [0.15, 0.2) is 0 Å². The first-order chi connectivity index (χ1) is 4.63. The summed E-state index contributed by atoms with van der Waals surface area (Å²) in [6.07, 6.45) is -0.940. The Bertz CT molecular complexity index is 113. The van der Waals surface area contributed by atoms with Crippen LogP contribution in [0.1, 0.15) is 12.8 Å². The average Bonchev–Trinajstić information content (AvgIpc) is 1.89. The van der Waals surface area contributed by atoms with Crippen LogP contribution in [0.2, 0.25) is 0 Å². The molecule has 0 N–H and O–H groups in total. The second-order valence-electron chi connectivity index (χ2n) is 1.24. The molecule has 0 radical (unpaired) electrons. The van der Waals surface area contributed by atoms with Crippen LogP contribution < -0.4 is 69.3 Å². The molecule has 0 aliphatic heterocycles. The summed E-state index contributed by atoms with van der Waals surface area (Å²) in [5, 5.41) is 19.0. The zero-order chi connectivity index (χ0) is 8.57. The molecule has 0 fully saturated rings. The predicted molar refractivity (Wildman–Crippen MR) is 26.4 cm³/mol. The van der Waals surface area contributed by atoms with E-state index < -0.39 is 24.8 Å². The van der Waals surface area contributed by atoms with Gasteiger partial charge in [0.05, 0.1) is 0 Å². The number of carbonyl (C=O) groups excluding carboxylic acids is 3. The van der Waals surface area contributed by atoms with Crippen LogP contribution in [0.25, 0.3) is 0 Å². The normalized spacial score (nSPS) is 6.00. The van der Waals surface area contributed by atoms with Crippen LogP contribution in [0.15, 0.2) is 0 Å². The van der Waals surface area contributed by atoms with E-state index in [1.54, 1.807) is 0 Å². The molecule has 0 spiro atoms. The molecule has 5 nitrogen and oxygen atoms in total. The summed E-state index contributed by atoms with van der Waals surface area (Å²) >= 11 is 0. The average molecular weight is 192 g/mol. The van der Waals surface area contributed by atoms with Crippen molar-refractivity contribution in [2.75, 3.05) is 0 Å². The molecule has 58 valence electrons. The van der Waals surface area contributed by atoms with Gasteiger partial charge in [-0.25, -0.2) is 0 Å². The molecule has 0 unspecified atom stereocenters. The van der Waals surface area contributed by atoms with Crippen molar-refractivity contribution in [1.82, 2.24) is 0 Å². The third-order valence-corrected chi connectivity index (χ3v) is 0.533. The van der Waals surface area contributed by atoms with Crippen molar-refractivity contribution in [3.8, 4) is 0 Å². The topological polar surface area (TPSA) is 97.3 Å². The summed E-state index contributed by atoms with van der Waals surface area (Å²) in [7, 11) is 0. The summed E-state index contributed by atoms with van der Waals surface area (Å²) < 4.78 is 0. The fraction of sp³-hybridized carbons (Fsp3) is 0.400. The first-order valence-electron chi connectivity index (χ1n) is 2.31. The standard InChI is InChI=1S/C4H6O4.CH2O.2Na/c5-3(6)1-2-4(7)8;1-2;;/h1-2H2,(H,5,6)(H,7,8);1H2;;/q;;2*+1/p-2. The van der Waals surface area contributed by atoms with E-state index in [-0.39, 0.29) is 59.1 Å². The van der Waals surface area contributed by atoms with E-state index in [1.807, 2.05) is 6.79 Å². The smallest absolute Gasteiger partial charge is 0.550 e. The molecule has 0 aromatic heterocycles. The van der Waals surface area contributed by atoms with Gasteiger partial charge < -0.3 is 24.6 Å². The Morgan fingerprint density at radius 2 is 1.08 bits per heavy atom. The van der Waals surface area contributed by atoms with Crippen LogP contribution in [0.4, 0.5) is 0 Å². The van der Waals surface area contributed by atoms with Crippen molar-refractivity contribution in [3.63, 3.8) is 0 Å². The third-order valence-electron chi connectivity index (χ3n) is 0.533. The van der Waals surface area contributed by atoms with Crippen LogP contribution >= 0.6 is 0 Å². The second kappa shape index (κ2) is 17.6. The van der Waals surface area contributed by atoms with Gasteiger partial charge in [-0.3, -0.25) is 0 Å². The summed E-state index contributed by atoms with van der Waals surface area (Å²) in [4.78, 5) is 27.0. The van der Waals surface area contributed by atoms with E-state index in [2.05, 4.69) is 0 Å². The van der Waals surface area contributed by atoms with Crippen molar-refractivity contribution < 1.29 is 83.7 Å². The fourth-order valence-corrected chi connectivity index (χ4v) is 0.204. The van der Waals surface area contributed by atoms with Crippen molar-refractivity contribution in [2.24, 2.45) is 0 Å². The van der Waals surface area contributed by atoms with Gasteiger partial charge in [-0.1, -0.05) is 0 Å². The second-order valence-corrected chi connectivity index (χ2v) is 1.24. The summed E-state index contributed by atoms with van der Waals surface area (Å²) in [6, 6.07) is 0. The quantitative estimate of drug-likeness (QED) is 0.413. The van der Waals surface area contributed by atoms with E-state index in [0.717, 1.165) is 0 Å². The number of carboxylic acid groups (broad SMARTS) is 2. The molecule has 0 aliphatic rings. The maximum absolute atomic E-state index is 9.50. The molecule has 0 rings (SSSR count). The van der Waals surface area contributed by atoms with Crippen LogP contribution in [0.5, 0.6) is 0 Å². The summed E-state index contributed by atoms with van der Waals surface area (Å²) in [5.74, 6) is -2.73. The molecule has 12 heavy (non-hydrogen) atoms. The van der Waals surface area contributed by atoms with Gasteiger partial charge in [-0.15, -0.1) is 0 Å². The number of hydrogen-bond acceptors (Lipinski definition) is 5. The van der Waals surface area contributed by atoms with E-state index in [1.165, 1.54) is 0 Å². The SMILES string of the molecule is C=O.O=C([O-])CCC(=O)[O-].[Na+].[Na+]. The monoisotopic (exact) mass is 192 g/mol. The Labute approximate surface area is 114 Å². The fourth-order valence-electron chi connectivity index (χ4n) is 0.204. The Hall–Kier alpha value is 0.610. The molecule has 0 aliphatic carbocycles. The van der Waals surface area contributed by atoms with Gasteiger partial charge in [0.2, 0.25) is 0 Å². The van der Waals surface area contributed by atoms with E-state index >= 15 is 0 Å². The minimum Gasteiger partial charge on any atom is -0.550 e. The van der Waals surface area contributed by atoms with Gasteiger partial charge in [-0.05, 0) is 12.8 Å². The Balaban J connectivity index is -0.0000000740. The van der Waals surface area contributed by atoms with Gasteiger partial charge in [0.1, 0.15) is 6.79 Å². The first-order valence-corrected chi connectivity index (χ1v) is 2.31. The molecule has 0 aromatic carbocycles. The molecule has 0 atom stereocenters. The number of hydrogen-bond donors (Lipinski definition) is 0. The maximum atomic E-state index is 9.50.